The fourth-order valence-electron chi connectivity index (χ4n) is 1.73. The van der Waals surface area contributed by atoms with E-state index in [1.165, 1.54) is 0 Å². The number of hydrogen-bond donors (Lipinski definition) is 5. The molecule has 8 nitrogen and oxygen atoms in total. The molecule has 6 N–H and O–H groups in total. The number of nitrogens with two attached hydrogens (primary N) is 1. The number of aliphatic carboxylic acids is 1. The number of nitrogens with one attached hydrogen (secondary N) is 2. The fourth-order valence-corrected chi connectivity index (χ4v) is 1.73. The molecule has 0 radical (unpaired) electrons. The second kappa shape index (κ2) is 9.37. The summed E-state index contributed by atoms with van der Waals surface area (Å²) >= 11 is 0. The standard InChI is InChI=1S/C14H27N3O5/c1-7(2)5-9(16-13(20)11(15)8(3)4)12(19)17-10(6-18)14(21)22/h7-11,18H,5-6,15H2,1-4H3,(H,16,20)(H,17,19)(H,21,22). The lowest BCUT2D eigenvalue weighted by atomic mass is 10.0. The number of hydrogen-bond acceptors (Lipinski definition) is 5. The molecular formula is C14H27N3O5. The van der Waals surface area contributed by atoms with Crippen molar-refractivity contribution in [2.24, 2.45) is 17.6 Å². The van der Waals surface area contributed by atoms with Gasteiger partial charge in [-0.2, -0.15) is 0 Å². The molecule has 0 saturated carbocycles. The monoisotopic (exact) mass is 317 g/mol. The summed E-state index contributed by atoms with van der Waals surface area (Å²) < 4.78 is 0. The van der Waals surface area contributed by atoms with Crippen LogP contribution in [0.1, 0.15) is 34.1 Å². The molecule has 0 fully saturated rings. The maximum absolute atomic E-state index is 12.1. The minimum Gasteiger partial charge on any atom is -0.480 e. The molecular weight excluding hydrogens is 290 g/mol. The van der Waals surface area contributed by atoms with E-state index in [-0.39, 0.29) is 11.8 Å². The van der Waals surface area contributed by atoms with E-state index >= 15 is 0 Å². The van der Waals surface area contributed by atoms with Gasteiger partial charge >= 0.3 is 5.97 Å². The molecule has 0 bridgehead atoms. The smallest absolute Gasteiger partial charge is 0.328 e. The van der Waals surface area contributed by atoms with Gasteiger partial charge in [0.1, 0.15) is 12.1 Å². The molecule has 22 heavy (non-hydrogen) atoms. The number of aliphatic hydroxyl groups excluding tert-OH is 1. The van der Waals surface area contributed by atoms with Gasteiger partial charge in [-0.15, -0.1) is 0 Å². The Hall–Kier alpha value is -1.67. The number of amides is 2. The Morgan fingerprint density at radius 1 is 1.00 bits per heavy atom. The molecule has 3 unspecified atom stereocenters. The average Bonchev–Trinajstić information content (AvgIpc) is 2.41. The van der Waals surface area contributed by atoms with Crippen molar-refractivity contribution in [2.45, 2.75) is 52.2 Å². The SMILES string of the molecule is CC(C)CC(NC(=O)C(N)C(C)C)C(=O)NC(CO)C(=O)O. The van der Waals surface area contributed by atoms with Crippen molar-refractivity contribution in [1.82, 2.24) is 10.6 Å². The zero-order valence-corrected chi connectivity index (χ0v) is 13.5. The number of rotatable bonds is 9. The number of carboxylic acids is 1. The summed E-state index contributed by atoms with van der Waals surface area (Å²) in [5.41, 5.74) is 5.74. The molecule has 8 heteroatoms. The summed E-state index contributed by atoms with van der Waals surface area (Å²) in [6, 6.07) is -3.06. The van der Waals surface area contributed by atoms with Gasteiger partial charge in [-0.3, -0.25) is 9.59 Å². The molecule has 0 aromatic heterocycles. The second-order valence-corrected chi connectivity index (χ2v) is 6.04. The highest BCUT2D eigenvalue weighted by Crippen LogP contribution is 2.07. The van der Waals surface area contributed by atoms with Crippen molar-refractivity contribution < 1.29 is 24.6 Å². The molecule has 0 spiro atoms. The second-order valence-electron chi connectivity index (χ2n) is 6.04. The normalized spacial score (nSPS) is 15.3. The van der Waals surface area contributed by atoms with Crippen LogP contribution in [0.15, 0.2) is 0 Å². The minimum absolute atomic E-state index is 0.0908. The van der Waals surface area contributed by atoms with Gasteiger partial charge in [0.15, 0.2) is 0 Å². The fraction of sp³-hybridized carbons (Fsp3) is 0.786. The maximum Gasteiger partial charge on any atom is 0.328 e. The Labute approximate surface area is 130 Å². The molecule has 0 aromatic rings. The van der Waals surface area contributed by atoms with E-state index in [2.05, 4.69) is 10.6 Å². The van der Waals surface area contributed by atoms with Crippen molar-refractivity contribution in [3.8, 4) is 0 Å². The number of aliphatic hydroxyl groups is 1. The first kappa shape index (κ1) is 20.3. The van der Waals surface area contributed by atoms with Gasteiger partial charge in [-0.25, -0.2) is 4.79 Å². The molecule has 2 amide bonds. The van der Waals surface area contributed by atoms with Crippen molar-refractivity contribution >= 4 is 17.8 Å². The lowest BCUT2D eigenvalue weighted by molar-refractivity contribution is -0.143. The topological polar surface area (TPSA) is 142 Å². The maximum atomic E-state index is 12.1. The van der Waals surface area contributed by atoms with Gasteiger partial charge in [-0.05, 0) is 18.3 Å². The Morgan fingerprint density at radius 3 is 1.86 bits per heavy atom. The third-order valence-corrected chi connectivity index (χ3v) is 3.16. The molecule has 0 saturated heterocycles. The van der Waals surface area contributed by atoms with E-state index in [9.17, 15) is 14.4 Å². The number of carbonyl (C=O) groups excluding carboxylic acids is 2. The van der Waals surface area contributed by atoms with Gasteiger partial charge in [0.25, 0.3) is 0 Å². The zero-order valence-electron chi connectivity index (χ0n) is 13.5. The Balaban J connectivity index is 4.93. The zero-order chi connectivity index (χ0) is 17.4. The number of carbonyl (C=O) groups is 3. The molecule has 0 heterocycles. The molecule has 0 aliphatic heterocycles. The summed E-state index contributed by atoms with van der Waals surface area (Å²) in [6.45, 7) is 6.59. The van der Waals surface area contributed by atoms with Gasteiger partial charge in [-0.1, -0.05) is 27.7 Å². The summed E-state index contributed by atoms with van der Waals surface area (Å²) in [5, 5.41) is 22.5. The third-order valence-electron chi connectivity index (χ3n) is 3.16. The van der Waals surface area contributed by atoms with E-state index < -0.39 is 42.5 Å². The van der Waals surface area contributed by atoms with E-state index in [1.807, 2.05) is 13.8 Å². The summed E-state index contributed by atoms with van der Waals surface area (Å²) in [4.78, 5) is 35.0. The highest BCUT2D eigenvalue weighted by atomic mass is 16.4. The quantitative estimate of drug-likeness (QED) is 0.372. The van der Waals surface area contributed by atoms with Crippen LogP contribution in [0.25, 0.3) is 0 Å². The molecule has 0 aliphatic rings. The summed E-state index contributed by atoms with van der Waals surface area (Å²) in [6.07, 6.45) is 0.333. The van der Waals surface area contributed by atoms with Gasteiger partial charge in [0, 0.05) is 0 Å². The molecule has 0 rings (SSSR count). The van der Waals surface area contributed by atoms with Crippen LogP contribution in [0.2, 0.25) is 0 Å². The highest BCUT2D eigenvalue weighted by molar-refractivity contribution is 5.91. The largest absolute Gasteiger partial charge is 0.480 e. The van der Waals surface area contributed by atoms with E-state index in [0.717, 1.165) is 0 Å². The third kappa shape index (κ3) is 6.86. The van der Waals surface area contributed by atoms with Crippen LogP contribution in [0.4, 0.5) is 0 Å². The van der Waals surface area contributed by atoms with Crippen LogP contribution < -0.4 is 16.4 Å². The first-order valence-electron chi connectivity index (χ1n) is 7.30. The van der Waals surface area contributed by atoms with Crippen molar-refractivity contribution in [3.63, 3.8) is 0 Å². The summed E-state index contributed by atoms with van der Waals surface area (Å²) in [5.74, 6) is -2.45. The molecule has 0 aromatic carbocycles. The Morgan fingerprint density at radius 2 is 1.50 bits per heavy atom. The predicted molar refractivity (Wildman–Crippen MR) is 80.9 cm³/mol. The number of carboxylic acid groups (broad SMARTS) is 1. The first-order valence-corrected chi connectivity index (χ1v) is 7.30. The van der Waals surface area contributed by atoms with E-state index in [1.54, 1.807) is 13.8 Å². The van der Waals surface area contributed by atoms with Gasteiger partial charge in [0.2, 0.25) is 11.8 Å². The van der Waals surface area contributed by atoms with Crippen LogP contribution in [0.5, 0.6) is 0 Å². The van der Waals surface area contributed by atoms with Crippen molar-refractivity contribution in [3.05, 3.63) is 0 Å². The lowest BCUT2D eigenvalue weighted by Gasteiger charge is -2.24. The van der Waals surface area contributed by atoms with Crippen LogP contribution in [-0.4, -0.2) is 52.7 Å². The van der Waals surface area contributed by atoms with Gasteiger partial charge < -0.3 is 26.6 Å². The van der Waals surface area contributed by atoms with Crippen LogP contribution in [0.3, 0.4) is 0 Å². The van der Waals surface area contributed by atoms with Crippen LogP contribution in [-0.2, 0) is 14.4 Å². The molecule has 128 valence electrons. The van der Waals surface area contributed by atoms with Gasteiger partial charge in [0.05, 0.1) is 12.6 Å². The summed E-state index contributed by atoms with van der Waals surface area (Å²) in [7, 11) is 0. The lowest BCUT2D eigenvalue weighted by Crippen LogP contribution is -2.56. The minimum atomic E-state index is -1.40. The Kier molecular flexibility index (Phi) is 8.66. The van der Waals surface area contributed by atoms with Crippen molar-refractivity contribution in [1.29, 1.82) is 0 Å². The van der Waals surface area contributed by atoms with Crippen molar-refractivity contribution in [2.75, 3.05) is 6.61 Å². The molecule has 0 aliphatic carbocycles. The first-order chi connectivity index (χ1) is 10.1. The highest BCUT2D eigenvalue weighted by Gasteiger charge is 2.28. The van der Waals surface area contributed by atoms with E-state index in [4.69, 9.17) is 15.9 Å². The van der Waals surface area contributed by atoms with Crippen LogP contribution >= 0.6 is 0 Å². The van der Waals surface area contributed by atoms with E-state index in [0.29, 0.717) is 6.42 Å². The van der Waals surface area contributed by atoms with Crippen LogP contribution in [0, 0.1) is 11.8 Å². The molecule has 3 atom stereocenters. The predicted octanol–water partition coefficient (Wildman–Crippen LogP) is -0.938. The Bertz CT molecular complexity index is 398. The average molecular weight is 317 g/mol.